The van der Waals surface area contributed by atoms with Crippen LogP contribution in [0.25, 0.3) is 0 Å². The van der Waals surface area contributed by atoms with E-state index in [2.05, 4.69) is 34.6 Å². The molecule has 2 N–H and O–H groups in total. The molecule has 0 saturated carbocycles. The standard InChI is InChI=1S/C20H31N3O/c1-15-13-18-14-17(7-8-19(18)22-15)20(24)16(2)21-9-3-4-10-23-11-5-6-12-23/h7-8,14-16,21-22H,3-6,9-13H2,1-2H3. The summed E-state index contributed by atoms with van der Waals surface area (Å²) in [5.74, 6) is 0.205. The van der Waals surface area contributed by atoms with Crippen LogP contribution < -0.4 is 10.6 Å². The summed E-state index contributed by atoms with van der Waals surface area (Å²) in [5.41, 5.74) is 3.29. The molecule has 4 heteroatoms. The minimum absolute atomic E-state index is 0.110. The number of likely N-dealkylation sites (tertiary alicyclic amines) is 1. The fourth-order valence-electron chi connectivity index (χ4n) is 3.83. The van der Waals surface area contributed by atoms with Crippen LogP contribution in [0.1, 0.15) is 55.5 Å². The topological polar surface area (TPSA) is 44.4 Å². The number of rotatable bonds is 8. The van der Waals surface area contributed by atoms with E-state index in [1.54, 1.807) is 0 Å². The average molecular weight is 329 g/mol. The Labute approximate surface area is 146 Å². The largest absolute Gasteiger partial charge is 0.382 e. The number of anilines is 1. The molecular weight excluding hydrogens is 298 g/mol. The van der Waals surface area contributed by atoms with Crippen LogP contribution >= 0.6 is 0 Å². The second-order valence-electron chi connectivity index (χ2n) is 7.42. The molecule has 1 fully saturated rings. The van der Waals surface area contributed by atoms with Crippen LogP contribution in [-0.4, -0.2) is 48.9 Å². The Balaban J connectivity index is 1.41. The van der Waals surface area contributed by atoms with E-state index >= 15 is 0 Å². The number of carbonyl (C=O) groups is 1. The van der Waals surface area contributed by atoms with Crippen LogP contribution in [-0.2, 0) is 6.42 Å². The maximum atomic E-state index is 12.6. The molecule has 132 valence electrons. The van der Waals surface area contributed by atoms with E-state index in [0.717, 1.165) is 24.9 Å². The van der Waals surface area contributed by atoms with Gasteiger partial charge < -0.3 is 15.5 Å². The molecule has 1 aromatic rings. The quantitative estimate of drug-likeness (QED) is 0.568. The second-order valence-corrected chi connectivity index (χ2v) is 7.42. The number of benzene rings is 1. The zero-order valence-electron chi connectivity index (χ0n) is 15.1. The Morgan fingerprint density at radius 3 is 2.92 bits per heavy atom. The summed E-state index contributed by atoms with van der Waals surface area (Å²) < 4.78 is 0. The van der Waals surface area contributed by atoms with Gasteiger partial charge in [-0.25, -0.2) is 0 Å². The van der Waals surface area contributed by atoms with Gasteiger partial charge in [0.25, 0.3) is 0 Å². The Kier molecular flexibility index (Phi) is 5.90. The highest BCUT2D eigenvalue weighted by atomic mass is 16.1. The maximum absolute atomic E-state index is 12.6. The second kappa shape index (κ2) is 8.13. The van der Waals surface area contributed by atoms with Crippen molar-refractivity contribution in [3.8, 4) is 0 Å². The van der Waals surface area contributed by atoms with Crippen LogP contribution in [0.15, 0.2) is 18.2 Å². The molecule has 3 rings (SSSR count). The van der Waals surface area contributed by atoms with Crippen LogP contribution in [0.4, 0.5) is 5.69 Å². The lowest BCUT2D eigenvalue weighted by Gasteiger charge is -2.16. The van der Waals surface area contributed by atoms with Crippen molar-refractivity contribution in [3.05, 3.63) is 29.3 Å². The lowest BCUT2D eigenvalue weighted by atomic mass is 10.0. The van der Waals surface area contributed by atoms with Gasteiger partial charge in [0, 0.05) is 17.3 Å². The minimum Gasteiger partial charge on any atom is -0.382 e. The van der Waals surface area contributed by atoms with Crippen molar-refractivity contribution in [2.45, 2.75) is 58.0 Å². The lowest BCUT2D eigenvalue weighted by molar-refractivity contribution is 0.0951. The molecule has 0 aromatic heterocycles. The molecule has 24 heavy (non-hydrogen) atoms. The van der Waals surface area contributed by atoms with E-state index in [1.807, 2.05) is 13.0 Å². The molecule has 0 spiro atoms. The van der Waals surface area contributed by atoms with Gasteiger partial charge in [-0.1, -0.05) is 0 Å². The van der Waals surface area contributed by atoms with Gasteiger partial charge in [0.1, 0.15) is 0 Å². The highest BCUT2D eigenvalue weighted by molar-refractivity contribution is 6.00. The molecule has 2 aliphatic heterocycles. The van der Waals surface area contributed by atoms with E-state index < -0.39 is 0 Å². The molecule has 0 bridgehead atoms. The number of carbonyl (C=O) groups excluding carboxylic acids is 1. The summed E-state index contributed by atoms with van der Waals surface area (Å²) in [6.07, 6.45) is 6.09. The fourth-order valence-corrected chi connectivity index (χ4v) is 3.83. The summed E-state index contributed by atoms with van der Waals surface area (Å²) in [5, 5.41) is 6.83. The predicted molar refractivity (Wildman–Crippen MR) is 99.9 cm³/mol. The number of ketones is 1. The van der Waals surface area contributed by atoms with Gasteiger partial charge in [0.05, 0.1) is 6.04 Å². The number of unbranched alkanes of at least 4 members (excludes halogenated alkanes) is 1. The zero-order valence-corrected chi connectivity index (χ0v) is 15.1. The van der Waals surface area contributed by atoms with Crippen molar-refractivity contribution >= 4 is 11.5 Å². The molecule has 1 saturated heterocycles. The van der Waals surface area contributed by atoms with Gasteiger partial charge in [0.15, 0.2) is 5.78 Å². The smallest absolute Gasteiger partial charge is 0.179 e. The number of nitrogens with zero attached hydrogens (tertiary/aromatic N) is 1. The van der Waals surface area contributed by atoms with Gasteiger partial charge in [-0.15, -0.1) is 0 Å². The molecule has 1 aromatic carbocycles. The van der Waals surface area contributed by atoms with Gasteiger partial charge in [0.2, 0.25) is 0 Å². The maximum Gasteiger partial charge on any atom is 0.179 e. The van der Waals surface area contributed by atoms with Crippen molar-refractivity contribution in [1.82, 2.24) is 10.2 Å². The Bertz CT molecular complexity index is 566. The van der Waals surface area contributed by atoms with Gasteiger partial charge in [-0.3, -0.25) is 4.79 Å². The third kappa shape index (κ3) is 4.37. The zero-order chi connectivity index (χ0) is 16.9. The molecule has 2 aliphatic rings. The van der Waals surface area contributed by atoms with Crippen molar-refractivity contribution in [2.75, 3.05) is 31.5 Å². The van der Waals surface area contributed by atoms with Crippen LogP contribution in [0.5, 0.6) is 0 Å². The van der Waals surface area contributed by atoms with Crippen molar-refractivity contribution in [2.24, 2.45) is 0 Å². The van der Waals surface area contributed by atoms with Crippen LogP contribution in [0, 0.1) is 0 Å². The predicted octanol–water partition coefficient (Wildman–Crippen LogP) is 3.08. The third-order valence-electron chi connectivity index (χ3n) is 5.26. The van der Waals surface area contributed by atoms with E-state index in [4.69, 9.17) is 0 Å². The fraction of sp³-hybridized carbons (Fsp3) is 0.650. The van der Waals surface area contributed by atoms with Crippen LogP contribution in [0.3, 0.4) is 0 Å². The van der Waals surface area contributed by atoms with E-state index in [1.165, 1.54) is 50.1 Å². The molecule has 0 amide bonds. The molecule has 0 aliphatic carbocycles. The third-order valence-corrected chi connectivity index (χ3v) is 5.26. The monoisotopic (exact) mass is 329 g/mol. The molecule has 2 unspecified atom stereocenters. The highest BCUT2D eigenvalue weighted by Crippen LogP contribution is 2.26. The number of hydrogen-bond acceptors (Lipinski definition) is 4. The Hall–Kier alpha value is -1.39. The van der Waals surface area contributed by atoms with E-state index in [-0.39, 0.29) is 11.8 Å². The Morgan fingerprint density at radius 1 is 1.33 bits per heavy atom. The first-order chi connectivity index (χ1) is 11.6. The highest BCUT2D eigenvalue weighted by Gasteiger charge is 2.20. The molecule has 4 nitrogen and oxygen atoms in total. The summed E-state index contributed by atoms with van der Waals surface area (Å²) in [6.45, 7) is 8.83. The van der Waals surface area contributed by atoms with Gasteiger partial charge in [-0.2, -0.15) is 0 Å². The lowest BCUT2D eigenvalue weighted by Crippen LogP contribution is -2.35. The first-order valence-electron chi connectivity index (χ1n) is 9.53. The molecule has 0 radical (unpaired) electrons. The SMILES string of the molecule is CC1Cc2cc(C(=O)C(C)NCCCCN3CCCC3)ccc2N1. The summed E-state index contributed by atoms with van der Waals surface area (Å²) >= 11 is 0. The van der Waals surface area contributed by atoms with Crippen LogP contribution in [0.2, 0.25) is 0 Å². The first kappa shape index (κ1) is 17.4. The molecule has 2 heterocycles. The molecular formula is C20H31N3O. The van der Waals surface area contributed by atoms with Crippen molar-refractivity contribution in [1.29, 1.82) is 0 Å². The first-order valence-corrected chi connectivity index (χ1v) is 9.53. The van der Waals surface area contributed by atoms with Crippen molar-refractivity contribution in [3.63, 3.8) is 0 Å². The van der Waals surface area contributed by atoms with E-state index in [9.17, 15) is 4.79 Å². The number of fused-ring (bicyclic) bond motifs is 1. The molecule has 2 atom stereocenters. The number of hydrogen-bond donors (Lipinski definition) is 2. The number of nitrogens with one attached hydrogen (secondary N) is 2. The van der Waals surface area contributed by atoms with E-state index in [0.29, 0.717) is 6.04 Å². The summed E-state index contributed by atoms with van der Waals surface area (Å²) in [7, 11) is 0. The average Bonchev–Trinajstić information content (AvgIpc) is 3.21. The normalized spacial score (nSPS) is 21.5. The summed E-state index contributed by atoms with van der Waals surface area (Å²) in [6, 6.07) is 6.44. The Morgan fingerprint density at radius 2 is 2.12 bits per heavy atom. The number of Topliss-reactive ketones (excluding diaryl/α,β-unsaturated/α-hetero) is 1. The summed E-state index contributed by atoms with van der Waals surface area (Å²) in [4.78, 5) is 15.2. The van der Waals surface area contributed by atoms with Gasteiger partial charge >= 0.3 is 0 Å². The minimum atomic E-state index is -0.110. The van der Waals surface area contributed by atoms with Gasteiger partial charge in [-0.05, 0) is 95.9 Å². The van der Waals surface area contributed by atoms with Crippen molar-refractivity contribution < 1.29 is 4.79 Å².